The standard InChI is InChI=1S/C23H40O3S.C2H5NO2/c1-2-3-4-5-6-7-8-9-10-11-12-13-14-18-21-26-27(24,25)22-23-19-16-15-17-20-23;3-1-2(4)5/h15-17,19-20H,2-14,18,21-22H2,1H3;1,3H2,(H,4,5). The zero-order chi connectivity index (χ0) is 23.9. The first-order valence-corrected chi connectivity index (χ1v) is 13.8. The molecule has 0 aliphatic heterocycles. The van der Waals surface area contributed by atoms with Crippen LogP contribution >= 0.6 is 0 Å². The van der Waals surface area contributed by atoms with Crippen molar-refractivity contribution in [2.45, 2.75) is 103 Å². The number of carboxylic acids is 1. The van der Waals surface area contributed by atoms with Gasteiger partial charge in [0, 0.05) is 0 Å². The van der Waals surface area contributed by atoms with Crippen LogP contribution in [0.3, 0.4) is 0 Å². The number of aliphatic carboxylic acids is 1. The summed E-state index contributed by atoms with van der Waals surface area (Å²) >= 11 is 0. The zero-order valence-electron chi connectivity index (χ0n) is 20.0. The average molecular weight is 472 g/mol. The van der Waals surface area contributed by atoms with E-state index in [1.54, 1.807) is 0 Å². The molecule has 186 valence electrons. The number of carboxylic acid groups (broad SMARTS) is 1. The zero-order valence-corrected chi connectivity index (χ0v) is 20.8. The van der Waals surface area contributed by atoms with Gasteiger partial charge in [-0.05, 0) is 12.0 Å². The summed E-state index contributed by atoms with van der Waals surface area (Å²) in [6, 6.07) is 9.20. The summed E-state index contributed by atoms with van der Waals surface area (Å²) in [5, 5.41) is 7.60. The lowest BCUT2D eigenvalue weighted by Gasteiger charge is -2.06. The number of carbonyl (C=O) groups is 1. The van der Waals surface area contributed by atoms with E-state index in [1.165, 1.54) is 77.0 Å². The predicted molar refractivity (Wildman–Crippen MR) is 132 cm³/mol. The first-order valence-electron chi connectivity index (χ1n) is 12.2. The molecule has 0 aromatic heterocycles. The van der Waals surface area contributed by atoms with Crippen LogP contribution in [0.4, 0.5) is 0 Å². The van der Waals surface area contributed by atoms with Crippen molar-refractivity contribution in [1.82, 2.24) is 0 Å². The number of rotatable bonds is 19. The molecular weight excluding hydrogens is 426 g/mol. The Kier molecular flexibility index (Phi) is 20.4. The van der Waals surface area contributed by atoms with Gasteiger partial charge in [-0.3, -0.25) is 8.98 Å². The van der Waals surface area contributed by atoms with Crippen LogP contribution in [0.25, 0.3) is 0 Å². The third kappa shape index (κ3) is 21.8. The minimum atomic E-state index is -3.45. The molecular formula is C25H45NO5S. The summed E-state index contributed by atoms with van der Waals surface area (Å²) in [5.74, 6) is -1.00. The molecule has 0 aliphatic rings. The molecule has 0 saturated carbocycles. The Morgan fingerprint density at radius 2 is 1.22 bits per heavy atom. The van der Waals surface area contributed by atoms with E-state index in [4.69, 9.17) is 9.29 Å². The number of hydrogen-bond donors (Lipinski definition) is 2. The van der Waals surface area contributed by atoms with E-state index < -0.39 is 16.1 Å². The number of unbranched alkanes of at least 4 members (excludes halogenated alkanes) is 13. The van der Waals surface area contributed by atoms with E-state index >= 15 is 0 Å². The van der Waals surface area contributed by atoms with Crippen LogP contribution < -0.4 is 5.73 Å². The molecule has 0 atom stereocenters. The average Bonchev–Trinajstić information content (AvgIpc) is 2.77. The van der Waals surface area contributed by atoms with Gasteiger partial charge in [-0.25, -0.2) is 0 Å². The highest BCUT2D eigenvalue weighted by atomic mass is 32.2. The van der Waals surface area contributed by atoms with Crippen molar-refractivity contribution in [3.63, 3.8) is 0 Å². The van der Waals surface area contributed by atoms with E-state index in [-0.39, 0.29) is 12.3 Å². The normalized spacial score (nSPS) is 11.1. The maximum atomic E-state index is 11.9. The van der Waals surface area contributed by atoms with E-state index in [2.05, 4.69) is 12.7 Å². The van der Waals surface area contributed by atoms with Crippen LogP contribution in [0.5, 0.6) is 0 Å². The molecule has 1 rings (SSSR count). The molecule has 3 N–H and O–H groups in total. The fourth-order valence-corrected chi connectivity index (χ4v) is 4.36. The van der Waals surface area contributed by atoms with Crippen LogP contribution in [0.2, 0.25) is 0 Å². The van der Waals surface area contributed by atoms with Crippen LogP contribution in [0, 0.1) is 0 Å². The van der Waals surface area contributed by atoms with Gasteiger partial charge in [-0.2, -0.15) is 8.42 Å². The van der Waals surface area contributed by atoms with Crippen molar-refractivity contribution < 1.29 is 22.5 Å². The lowest BCUT2D eigenvalue weighted by atomic mass is 10.0. The van der Waals surface area contributed by atoms with Gasteiger partial charge >= 0.3 is 5.97 Å². The molecule has 0 saturated heterocycles. The minimum Gasteiger partial charge on any atom is -0.480 e. The summed E-state index contributed by atoms with van der Waals surface area (Å²) in [6.45, 7) is 2.30. The SMILES string of the molecule is CCCCCCCCCCCCCCCCOS(=O)(=O)Cc1ccccc1.NCC(=O)O. The third-order valence-corrected chi connectivity index (χ3v) is 6.33. The Morgan fingerprint density at radius 1 is 0.812 bits per heavy atom. The molecule has 6 nitrogen and oxygen atoms in total. The largest absolute Gasteiger partial charge is 0.480 e. The van der Waals surface area contributed by atoms with Crippen molar-refractivity contribution in [2.24, 2.45) is 5.73 Å². The second kappa shape index (κ2) is 21.4. The van der Waals surface area contributed by atoms with Gasteiger partial charge in [-0.15, -0.1) is 0 Å². The van der Waals surface area contributed by atoms with Gasteiger partial charge in [0.15, 0.2) is 0 Å². The molecule has 0 fully saturated rings. The monoisotopic (exact) mass is 471 g/mol. The summed E-state index contributed by atoms with van der Waals surface area (Å²) in [5.41, 5.74) is 5.35. The Morgan fingerprint density at radius 3 is 1.62 bits per heavy atom. The summed E-state index contributed by atoms with van der Waals surface area (Å²) in [4.78, 5) is 9.24. The van der Waals surface area contributed by atoms with Gasteiger partial charge in [0.05, 0.1) is 13.2 Å². The molecule has 0 unspecified atom stereocenters. The van der Waals surface area contributed by atoms with Crippen molar-refractivity contribution in [2.75, 3.05) is 13.2 Å². The van der Waals surface area contributed by atoms with Gasteiger partial charge in [-0.1, -0.05) is 121 Å². The first-order chi connectivity index (χ1) is 15.4. The topological polar surface area (TPSA) is 107 Å². The maximum absolute atomic E-state index is 11.9. The smallest absolute Gasteiger partial charge is 0.317 e. The second-order valence-corrected chi connectivity index (χ2v) is 9.84. The quantitative estimate of drug-likeness (QED) is 0.188. The molecule has 0 heterocycles. The van der Waals surface area contributed by atoms with Crippen LogP contribution in [0.1, 0.15) is 102 Å². The summed E-state index contributed by atoms with van der Waals surface area (Å²) in [7, 11) is -3.45. The minimum absolute atomic E-state index is 0.0353. The second-order valence-electron chi connectivity index (χ2n) is 8.20. The van der Waals surface area contributed by atoms with E-state index in [0.717, 1.165) is 18.4 Å². The number of hydrogen-bond acceptors (Lipinski definition) is 5. The van der Waals surface area contributed by atoms with Gasteiger partial charge in [0.2, 0.25) is 0 Å². The highest BCUT2D eigenvalue weighted by molar-refractivity contribution is 7.85. The van der Waals surface area contributed by atoms with E-state index in [9.17, 15) is 13.2 Å². The fraction of sp³-hybridized carbons (Fsp3) is 0.720. The van der Waals surface area contributed by atoms with Crippen molar-refractivity contribution in [3.8, 4) is 0 Å². The van der Waals surface area contributed by atoms with E-state index in [1.807, 2.05) is 30.3 Å². The highest BCUT2D eigenvalue weighted by Gasteiger charge is 2.11. The van der Waals surface area contributed by atoms with Crippen molar-refractivity contribution in [1.29, 1.82) is 0 Å². The van der Waals surface area contributed by atoms with Crippen LogP contribution in [-0.4, -0.2) is 32.6 Å². The molecule has 0 bridgehead atoms. The van der Waals surface area contributed by atoms with Crippen molar-refractivity contribution >= 4 is 16.1 Å². The molecule has 0 aliphatic carbocycles. The fourth-order valence-electron chi connectivity index (χ4n) is 3.30. The molecule has 0 spiro atoms. The lowest BCUT2D eigenvalue weighted by molar-refractivity contribution is -0.135. The lowest BCUT2D eigenvalue weighted by Crippen LogP contribution is -2.10. The molecule has 32 heavy (non-hydrogen) atoms. The molecule has 7 heteroatoms. The van der Waals surface area contributed by atoms with E-state index in [0.29, 0.717) is 6.61 Å². The number of benzene rings is 1. The Hall–Kier alpha value is -1.44. The van der Waals surface area contributed by atoms with Gasteiger partial charge in [0.1, 0.15) is 5.75 Å². The molecule has 0 amide bonds. The highest BCUT2D eigenvalue weighted by Crippen LogP contribution is 2.13. The third-order valence-electron chi connectivity index (χ3n) is 5.12. The Balaban J connectivity index is 0.00000172. The Bertz CT molecular complexity index is 650. The first kappa shape index (κ1) is 30.6. The molecule has 1 aromatic rings. The molecule has 1 aromatic carbocycles. The number of nitrogens with two attached hydrogens (primary N) is 1. The molecule has 0 radical (unpaired) electrons. The Labute approximate surface area is 196 Å². The van der Waals surface area contributed by atoms with Gasteiger partial charge < -0.3 is 10.8 Å². The summed E-state index contributed by atoms with van der Waals surface area (Å²) in [6.07, 6.45) is 18.1. The maximum Gasteiger partial charge on any atom is 0.317 e. The van der Waals surface area contributed by atoms with Crippen LogP contribution in [0.15, 0.2) is 30.3 Å². The van der Waals surface area contributed by atoms with Crippen LogP contribution in [-0.2, 0) is 24.8 Å². The summed E-state index contributed by atoms with van der Waals surface area (Å²) < 4.78 is 28.9. The predicted octanol–water partition coefficient (Wildman–Crippen LogP) is 6.04. The van der Waals surface area contributed by atoms with Gasteiger partial charge in [0.25, 0.3) is 10.1 Å². The van der Waals surface area contributed by atoms with Crippen molar-refractivity contribution in [3.05, 3.63) is 35.9 Å².